The van der Waals surface area contributed by atoms with Crippen molar-refractivity contribution in [3.8, 4) is 0 Å². The van der Waals surface area contributed by atoms with E-state index in [2.05, 4.69) is 58.2 Å². The van der Waals surface area contributed by atoms with Crippen molar-refractivity contribution in [3.63, 3.8) is 0 Å². The van der Waals surface area contributed by atoms with Gasteiger partial charge in [0, 0.05) is 0 Å². The van der Waals surface area contributed by atoms with Gasteiger partial charge in [-0.1, -0.05) is 58.2 Å². The van der Waals surface area contributed by atoms with Crippen LogP contribution in [0.2, 0.25) is 0 Å². The second-order valence-electron chi connectivity index (χ2n) is 5.86. The number of hydrogen-bond donors (Lipinski definition) is 0. The largest absolute Gasteiger partial charge is 0.586 e. The molecule has 0 atom stereocenters. The van der Waals surface area contributed by atoms with Gasteiger partial charge in [0.25, 0.3) is 0 Å². The highest BCUT2D eigenvalue weighted by atomic mass is 31.2. The summed E-state index contributed by atoms with van der Waals surface area (Å²) in [5.41, 5.74) is 2.75. The molecule has 0 heterocycles. The first-order valence-corrected chi connectivity index (χ1v) is 9.25. The molecule has 0 aliphatic rings. The molecule has 1 aromatic rings. The van der Waals surface area contributed by atoms with E-state index >= 15 is 0 Å². The molecule has 0 bridgehead atoms. The summed E-state index contributed by atoms with van der Waals surface area (Å²) in [6.07, 6.45) is 4.72. The van der Waals surface area contributed by atoms with E-state index in [1.54, 1.807) is 0 Å². The molecule has 1 rings (SSSR count). The van der Waals surface area contributed by atoms with Gasteiger partial charge in [0.15, 0.2) is 0 Å². The molecule has 5 heteroatoms. The number of phosphoric acid groups is 1. The summed E-state index contributed by atoms with van der Waals surface area (Å²) in [7, 11) is -3.61. The van der Waals surface area contributed by atoms with E-state index in [0.717, 1.165) is 25.4 Å². The lowest BCUT2D eigenvalue weighted by Gasteiger charge is -2.23. The topological polar surface area (TPSA) is 44.8 Å². The van der Waals surface area contributed by atoms with Crippen LogP contribution in [-0.4, -0.2) is 6.61 Å². The van der Waals surface area contributed by atoms with Gasteiger partial charge in [-0.2, -0.15) is 0 Å². The molecule has 0 aliphatic heterocycles. The average Bonchev–Trinajstić information content (AvgIpc) is 2.52. The zero-order chi connectivity index (χ0) is 17.3. The molecule has 0 amide bonds. The molecule has 0 spiro atoms. The summed E-state index contributed by atoms with van der Waals surface area (Å²) >= 11 is 0. The molecular formula is C18H27O4P. The molecule has 0 unspecified atom stereocenters. The van der Waals surface area contributed by atoms with Crippen molar-refractivity contribution in [2.45, 2.75) is 45.4 Å². The number of hydrogen-bond acceptors (Lipinski definition) is 4. The predicted molar refractivity (Wildman–Crippen MR) is 94.2 cm³/mol. The summed E-state index contributed by atoms with van der Waals surface area (Å²) in [6.45, 7) is 13.6. The van der Waals surface area contributed by atoms with Gasteiger partial charge >= 0.3 is 7.82 Å². The lowest BCUT2D eigenvalue weighted by molar-refractivity contribution is 0.178. The molecule has 0 fully saturated rings. The van der Waals surface area contributed by atoms with Crippen LogP contribution in [0.4, 0.5) is 0 Å². The van der Waals surface area contributed by atoms with Gasteiger partial charge in [-0.3, -0.25) is 4.52 Å². The van der Waals surface area contributed by atoms with Crippen molar-refractivity contribution in [2.24, 2.45) is 0 Å². The van der Waals surface area contributed by atoms with E-state index in [1.807, 2.05) is 0 Å². The van der Waals surface area contributed by atoms with Crippen LogP contribution in [0.15, 0.2) is 49.9 Å². The molecule has 23 heavy (non-hydrogen) atoms. The molecule has 0 radical (unpaired) electrons. The molecule has 0 saturated carbocycles. The van der Waals surface area contributed by atoms with E-state index in [9.17, 15) is 4.57 Å². The van der Waals surface area contributed by atoms with Crippen LogP contribution >= 0.6 is 7.82 Å². The van der Waals surface area contributed by atoms with Crippen LogP contribution in [0.5, 0.6) is 0 Å². The Morgan fingerprint density at radius 2 is 1.70 bits per heavy atom. The van der Waals surface area contributed by atoms with Crippen molar-refractivity contribution in [1.29, 1.82) is 0 Å². The Bertz CT molecular complexity index is 535. The third-order valence-corrected chi connectivity index (χ3v) is 5.20. The highest BCUT2D eigenvalue weighted by molar-refractivity contribution is 7.48. The minimum absolute atomic E-state index is 0.193. The molecule has 0 saturated heterocycles. The zero-order valence-electron chi connectivity index (χ0n) is 14.3. The van der Waals surface area contributed by atoms with Gasteiger partial charge in [0.1, 0.15) is 0 Å². The van der Waals surface area contributed by atoms with Crippen molar-refractivity contribution >= 4 is 7.82 Å². The third-order valence-electron chi connectivity index (χ3n) is 3.89. The lowest BCUT2D eigenvalue weighted by Crippen LogP contribution is -2.15. The van der Waals surface area contributed by atoms with E-state index in [1.165, 1.54) is 11.1 Å². The molecule has 0 N–H and O–H groups in total. The fourth-order valence-electron chi connectivity index (χ4n) is 2.05. The van der Waals surface area contributed by atoms with Crippen LogP contribution in [0.25, 0.3) is 0 Å². The normalized spacial score (nSPS) is 11.8. The Morgan fingerprint density at radius 3 is 2.17 bits per heavy atom. The van der Waals surface area contributed by atoms with Crippen LogP contribution in [-0.2, 0) is 30.0 Å². The van der Waals surface area contributed by atoms with Gasteiger partial charge in [-0.15, -0.1) is 0 Å². The minimum Gasteiger partial charge on any atom is -0.404 e. The number of rotatable bonds is 11. The molecule has 0 aromatic heterocycles. The Morgan fingerprint density at radius 1 is 1.13 bits per heavy atom. The van der Waals surface area contributed by atoms with Gasteiger partial charge in [0.05, 0.1) is 19.1 Å². The first-order chi connectivity index (χ1) is 10.9. The molecule has 128 valence electrons. The van der Waals surface area contributed by atoms with Crippen molar-refractivity contribution in [2.75, 3.05) is 6.61 Å². The first-order valence-electron chi connectivity index (χ1n) is 7.79. The third kappa shape index (κ3) is 6.25. The maximum Gasteiger partial charge on any atom is 0.586 e. The molecule has 0 aliphatic carbocycles. The summed E-state index contributed by atoms with van der Waals surface area (Å²) in [4.78, 5) is 0. The van der Waals surface area contributed by atoms with Gasteiger partial charge in [-0.05, 0) is 35.8 Å². The second-order valence-corrected chi connectivity index (χ2v) is 7.44. The van der Waals surface area contributed by atoms with E-state index in [0.29, 0.717) is 6.42 Å². The molecular weight excluding hydrogens is 311 g/mol. The monoisotopic (exact) mass is 338 g/mol. The number of aryl methyl sites for hydroxylation is 1. The maximum absolute atomic E-state index is 12.0. The quantitative estimate of drug-likeness (QED) is 0.293. The zero-order valence-corrected chi connectivity index (χ0v) is 15.2. The number of benzene rings is 1. The average molecular weight is 338 g/mol. The van der Waals surface area contributed by atoms with Crippen molar-refractivity contribution < 1.29 is 18.1 Å². The number of phosphoric ester groups is 1. The summed E-state index contributed by atoms with van der Waals surface area (Å²) in [5, 5.41) is 0. The smallest absolute Gasteiger partial charge is 0.404 e. The van der Waals surface area contributed by atoms with Crippen LogP contribution in [0.1, 0.15) is 44.7 Å². The van der Waals surface area contributed by atoms with Crippen molar-refractivity contribution in [3.05, 3.63) is 61.1 Å². The predicted octanol–water partition coefficient (Wildman–Crippen LogP) is 5.75. The standard InChI is InChI=1S/C18H27O4P/c1-6-18(4,5)17-13-11-16(12-14-17)10-9-15-22-23(19,20-7-2)21-8-3/h7-8,11-14H,2-3,6,9-10,15H2,1,4-5H3. The van der Waals surface area contributed by atoms with E-state index < -0.39 is 7.82 Å². The Kier molecular flexibility index (Phi) is 7.60. The lowest BCUT2D eigenvalue weighted by atomic mass is 9.82. The van der Waals surface area contributed by atoms with Gasteiger partial charge in [-0.25, -0.2) is 4.57 Å². The van der Waals surface area contributed by atoms with Crippen molar-refractivity contribution in [1.82, 2.24) is 0 Å². The summed E-state index contributed by atoms with van der Waals surface area (Å²) < 4.78 is 26.8. The summed E-state index contributed by atoms with van der Waals surface area (Å²) in [5.74, 6) is 0. The maximum atomic E-state index is 12.0. The van der Waals surface area contributed by atoms with Gasteiger partial charge in [0.2, 0.25) is 0 Å². The van der Waals surface area contributed by atoms with E-state index in [-0.39, 0.29) is 12.0 Å². The fraction of sp³-hybridized carbons (Fsp3) is 0.444. The SMILES string of the molecule is C=COP(=O)(OC=C)OCCCc1ccc(C(C)(C)CC)cc1. The highest BCUT2D eigenvalue weighted by Gasteiger charge is 2.26. The molecule has 1 aromatic carbocycles. The van der Waals surface area contributed by atoms with Gasteiger partial charge < -0.3 is 9.05 Å². The Labute approximate surface area is 139 Å². The first kappa shape index (κ1) is 19.5. The minimum atomic E-state index is -3.61. The highest BCUT2D eigenvalue weighted by Crippen LogP contribution is 2.49. The Balaban J connectivity index is 2.48. The Hall–Kier alpha value is -1.51. The van der Waals surface area contributed by atoms with E-state index in [4.69, 9.17) is 13.6 Å². The van der Waals surface area contributed by atoms with Crippen LogP contribution in [0, 0.1) is 0 Å². The fourth-order valence-corrected chi connectivity index (χ4v) is 2.94. The van der Waals surface area contributed by atoms with Crippen LogP contribution in [0.3, 0.4) is 0 Å². The van der Waals surface area contributed by atoms with Crippen LogP contribution < -0.4 is 0 Å². The second kappa shape index (κ2) is 8.95. The summed E-state index contributed by atoms with van der Waals surface area (Å²) in [6, 6.07) is 8.61. The molecule has 4 nitrogen and oxygen atoms in total.